The Morgan fingerprint density at radius 1 is 1.29 bits per heavy atom. The Bertz CT molecular complexity index is 403. The molecule has 0 spiro atoms. The van der Waals surface area contributed by atoms with Gasteiger partial charge in [0.05, 0.1) is 0 Å². The topological polar surface area (TPSA) is 63.4 Å². The molecule has 0 saturated heterocycles. The molecule has 2 amide bonds. The third-order valence-corrected chi connectivity index (χ3v) is 2.55. The van der Waals surface area contributed by atoms with E-state index in [0.29, 0.717) is 30.1 Å². The molecule has 0 fully saturated rings. The molecule has 0 atom stereocenters. The van der Waals surface area contributed by atoms with Crippen LogP contribution in [0.1, 0.15) is 23.7 Å². The minimum Gasteiger partial charge on any atom is -0.330 e. The van der Waals surface area contributed by atoms with E-state index in [1.807, 2.05) is 0 Å². The molecule has 2 N–H and O–H groups in total. The first kappa shape index (κ1) is 13.7. The van der Waals surface area contributed by atoms with Crippen LogP contribution < -0.4 is 5.73 Å². The van der Waals surface area contributed by atoms with Crippen molar-refractivity contribution in [3.63, 3.8) is 0 Å². The van der Waals surface area contributed by atoms with Crippen molar-refractivity contribution < 1.29 is 9.59 Å². The molecular formula is C12H15ClN2O2. The van der Waals surface area contributed by atoms with Crippen molar-refractivity contribution in [2.75, 3.05) is 13.1 Å². The molecule has 0 saturated carbocycles. The fourth-order valence-electron chi connectivity index (χ4n) is 1.40. The molecule has 0 aliphatic rings. The number of carbonyl (C=O) groups excluding carboxylic acids is 2. The maximum absolute atomic E-state index is 12.0. The van der Waals surface area contributed by atoms with Crippen LogP contribution in [0.2, 0.25) is 5.02 Å². The molecule has 0 aliphatic carbocycles. The number of benzene rings is 1. The minimum absolute atomic E-state index is 0.279. The number of amides is 2. The molecule has 0 radical (unpaired) electrons. The number of hydrogen-bond acceptors (Lipinski definition) is 3. The second-order valence-corrected chi connectivity index (χ2v) is 4.06. The standard InChI is InChI=1S/C12H15ClN2O2/c1-9(16)15(8-2-7-14)12(17)10-3-5-11(13)6-4-10/h3-6H,2,7-8,14H2,1H3. The summed E-state index contributed by atoms with van der Waals surface area (Å²) in [5, 5.41) is 0.554. The third kappa shape index (κ3) is 3.84. The lowest BCUT2D eigenvalue weighted by Gasteiger charge is -2.18. The zero-order chi connectivity index (χ0) is 12.8. The molecule has 92 valence electrons. The molecule has 0 aromatic heterocycles. The normalized spacial score (nSPS) is 10.1. The van der Waals surface area contributed by atoms with E-state index in [-0.39, 0.29) is 11.8 Å². The smallest absolute Gasteiger partial charge is 0.260 e. The van der Waals surface area contributed by atoms with Gasteiger partial charge >= 0.3 is 0 Å². The SMILES string of the molecule is CC(=O)N(CCCN)C(=O)c1ccc(Cl)cc1. The predicted molar refractivity (Wildman–Crippen MR) is 66.8 cm³/mol. The first-order valence-electron chi connectivity index (χ1n) is 5.34. The van der Waals surface area contributed by atoms with Gasteiger partial charge in [0.25, 0.3) is 5.91 Å². The van der Waals surface area contributed by atoms with Gasteiger partial charge in [-0.1, -0.05) is 11.6 Å². The average molecular weight is 255 g/mol. The van der Waals surface area contributed by atoms with E-state index in [4.69, 9.17) is 17.3 Å². The maximum Gasteiger partial charge on any atom is 0.260 e. The zero-order valence-corrected chi connectivity index (χ0v) is 10.4. The van der Waals surface area contributed by atoms with Gasteiger partial charge in [0.2, 0.25) is 5.91 Å². The Labute approximate surface area is 105 Å². The summed E-state index contributed by atoms with van der Waals surface area (Å²) in [4.78, 5) is 24.6. The van der Waals surface area contributed by atoms with Gasteiger partial charge in [0.1, 0.15) is 0 Å². The molecule has 0 aliphatic heterocycles. The molecule has 1 aromatic carbocycles. The highest BCUT2D eigenvalue weighted by molar-refractivity contribution is 6.30. The summed E-state index contributed by atoms with van der Waals surface area (Å²) >= 11 is 5.73. The molecule has 17 heavy (non-hydrogen) atoms. The lowest BCUT2D eigenvalue weighted by molar-refractivity contribution is -0.126. The number of nitrogens with zero attached hydrogens (tertiary/aromatic N) is 1. The first-order valence-corrected chi connectivity index (χ1v) is 5.72. The summed E-state index contributed by atoms with van der Waals surface area (Å²) in [6.45, 7) is 2.15. The van der Waals surface area contributed by atoms with E-state index in [2.05, 4.69) is 0 Å². The molecule has 0 bridgehead atoms. The van der Waals surface area contributed by atoms with Crippen molar-refractivity contribution in [1.29, 1.82) is 0 Å². The van der Waals surface area contributed by atoms with Gasteiger partial charge in [-0.2, -0.15) is 0 Å². The highest BCUT2D eigenvalue weighted by Gasteiger charge is 2.18. The maximum atomic E-state index is 12.0. The minimum atomic E-state index is -0.317. The summed E-state index contributed by atoms with van der Waals surface area (Å²) in [5.74, 6) is -0.596. The van der Waals surface area contributed by atoms with Crippen molar-refractivity contribution >= 4 is 23.4 Å². The number of nitrogens with two attached hydrogens (primary N) is 1. The number of halogens is 1. The molecule has 0 unspecified atom stereocenters. The molecular weight excluding hydrogens is 240 g/mol. The molecule has 4 nitrogen and oxygen atoms in total. The van der Waals surface area contributed by atoms with Gasteiger partial charge in [-0.15, -0.1) is 0 Å². The second kappa shape index (κ2) is 6.37. The quantitative estimate of drug-likeness (QED) is 0.889. The van der Waals surface area contributed by atoms with Crippen LogP contribution in [0, 0.1) is 0 Å². The van der Waals surface area contributed by atoms with E-state index in [9.17, 15) is 9.59 Å². The zero-order valence-electron chi connectivity index (χ0n) is 9.65. The fourth-order valence-corrected chi connectivity index (χ4v) is 1.53. The Kier molecular flexibility index (Phi) is 5.12. The summed E-state index contributed by atoms with van der Waals surface area (Å²) in [7, 11) is 0. The van der Waals surface area contributed by atoms with Crippen molar-refractivity contribution in [3.8, 4) is 0 Å². The molecule has 0 heterocycles. The number of imide groups is 1. The van der Waals surface area contributed by atoms with Crippen LogP contribution in [0.25, 0.3) is 0 Å². The van der Waals surface area contributed by atoms with Crippen molar-refractivity contribution in [2.45, 2.75) is 13.3 Å². The Morgan fingerprint density at radius 2 is 1.88 bits per heavy atom. The third-order valence-electron chi connectivity index (χ3n) is 2.30. The van der Waals surface area contributed by atoms with Crippen LogP contribution in [0.3, 0.4) is 0 Å². The summed E-state index contributed by atoms with van der Waals surface area (Å²) in [6, 6.07) is 6.44. The summed E-state index contributed by atoms with van der Waals surface area (Å²) in [6.07, 6.45) is 0.596. The average Bonchev–Trinajstić information content (AvgIpc) is 2.29. The number of hydrogen-bond donors (Lipinski definition) is 1. The lowest BCUT2D eigenvalue weighted by atomic mass is 10.2. The van der Waals surface area contributed by atoms with Gasteiger partial charge in [0.15, 0.2) is 0 Å². The van der Waals surface area contributed by atoms with E-state index in [1.54, 1.807) is 24.3 Å². The van der Waals surface area contributed by atoms with Gasteiger partial charge < -0.3 is 5.73 Å². The van der Waals surface area contributed by atoms with Gasteiger partial charge in [-0.25, -0.2) is 0 Å². The van der Waals surface area contributed by atoms with E-state index < -0.39 is 0 Å². The highest BCUT2D eigenvalue weighted by atomic mass is 35.5. The van der Waals surface area contributed by atoms with Gasteiger partial charge in [-0.3, -0.25) is 14.5 Å². The highest BCUT2D eigenvalue weighted by Crippen LogP contribution is 2.12. The van der Waals surface area contributed by atoms with Crippen molar-refractivity contribution in [1.82, 2.24) is 4.90 Å². The first-order chi connectivity index (χ1) is 8.06. The van der Waals surface area contributed by atoms with Gasteiger partial charge in [0, 0.05) is 24.1 Å². The largest absolute Gasteiger partial charge is 0.330 e. The molecule has 5 heteroatoms. The summed E-state index contributed by atoms with van der Waals surface area (Å²) < 4.78 is 0. The van der Waals surface area contributed by atoms with Crippen molar-refractivity contribution in [3.05, 3.63) is 34.9 Å². The van der Waals surface area contributed by atoms with E-state index in [1.165, 1.54) is 11.8 Å². The van der Waals surface area contributed by atoms with E-state index >= 15 is 0 Å². The van der Waals surface area contributed by atoms with Crippen LogP contribution in [0.15, 0.2) is 24.3 Å². The van der Waals surface area contributed by atoms with E-state index in [0.717, 1.165) is 0 Å². The van der Waals surface area contributed by atoms with Crippen LogP contribution >= 0.6 is 11.6 Å². The number of rotatable bonds is 4. The Morgan fingerprint density at radius 3 is 2.35 bits per heavy atom. The fraction of sp³-hybridized carbons (Fsp3) is 0.333. The second-order valence-electron chi connectivity index (χ2n) is 3.62. The summed E-state index contributed by atoms with van der Waals surface area (Å²) in [5.41, 5.74) is 5.81. The Balaban J connectivity index is 2.84. The van der Waals surface area contributed by atoms with Gasteiger partial charge in [-0.05, 0) is 37.2 Å². The predicted octanol–water partition coefficient (Wildman–Crippen LogP) is 1.68. The molecule has 1 rings (SSSR count). The Hall–Kier alpha value is -1.39. The van der Waals surface area contributed by atoms with Crippen LogP contribution in [0.5, 0.6) is 0 Å². The lowest BCUT2D eigenvalue weighted by Crippen LogP contribution is -2.36. The number of carbonyl (C=O) groups is 2. The van der Waals surface area contributed by atoms with Crippen molar-refractivity contribution in [2.24, 2.45) is 5.73 Å². The molecule has 1 aromatic rings. The van der Waals surface area contributed by atoms with Crippen LogP contribution in [-0.2, 0) is 4.79 Å². The van der Waals surface area contributed by atoms with Crippen LogP contribution in [-0.4, -0.2) is 29.8 Å². The van der Waals surface area contributed by atoms with Crippen LogP contribution in [0.4, 0.5) is 0 Å². The monoisotopic (exact) mass is 254 g/mol.